The second kappa shape index (κ2) is 39.6. The Labute approximate surface area is 830 Å². The number of H-pyrrole nitrogens is 6. The van der Waals surface area contributed by atoms with Gasteiger partial charge in [-0.15, -0.1) is 45.3 Å². The summed E-state index contributed by atoms with van der Waals surface area (Å²) in [6.45, 7) is 19.9. The van der Waals surface area contributed by atoms with Crippen LogP contribution in [0.1, 0.15) is 163 Å². The molecule has 20 heterocycles. The SMILES string of the molecule is C=C1C/C(=C\c2cnn3c(NC4CC4)cc(-c4ccc(C(=O)N5CCCC(N)CC5)s4)nc23)C(=O)N1.C=c1[nH]c(=O)[nH]/c1=C\c1cnn2c(NC3CC3)cc(-c3ccc(C(=O)N4CCC(N(C)C)C4)s3)nc12.C=c1[nH]c(=O)[nH]/c1=C\c1cnn2c(NC3CC3)cc(-c3ccc(C(=O)N4CCC(O)CC4)s3)nc12.C=c1[nH]c(=O)[nH]/c1=C\c1cnn2c(NC3CC3)cc(-c3ccc(C(=O)NCc4nccn4C)s3)nc12. The number of aliphatic hydroxyl groups excluding tert-OH is 1. The lowest BCUT2D eigenvalue weighted by Gasteiger charge is -2.29. The summed E-state index contributed by atoms with van der Waals surface area (Å²) in [6, 6.07) is 25.3. The number of allylic oxidation sites excluding steroid dienone is 1. The highest BCUT2D eigenvalue weighted by atomic mass is 32.1. The van der Waals surface area contributed by atoms with E-state index in [0.29, 0.717) is 156 Å². The zero-order valence-electron chi connectivity index (χ0n) is 78.6. The largest absolute Gasteiger partial charge is 0.393 e. The molecule has 4 saturated heterocycles. The molecule has 16 aromatic heterocycles. The van der Waals surface area contributed by atoms with E-state index in [4.69, 9.17) is 25.7 Å². The highest BCUT2D eigenvalue weighted by Crippen LogP contribution is 2.40. The van der Waals surface area contributed by atoms with Gasteiger partial charge in [0, 0.05) is 159 Å². The minimum absolute atomic E-state index is 0.0108. The number of nitrogens with one attached hydrogen (secondary N) is 12. The van der Waals surface area contributed by atoms with E-state index in [2.05, 4.69) is 132 Å². The van der Waals surface area contributed by atoms with E-state index in [0.717, 1.165) is 195 Å². The van der Waals surface area contributed by atoms with Crippen molar-refractivity contribution >= 4 is 165 Å². The molecule has 0 bridgehead atoms. The van der Waals surface area contributed by atoms with Crippen LogP contribution in [0.4, 0.5) is 23.3 Å². The van der Waals surface area contributed by atoms with Crippen LogP contribution in [0.15, 0.2) is 142 Å². The molecule has 24 rings (SSSR count). The van der Waals surface area contributed by atoms with Gasteiger partial charge in [-0.2, -0.15) is 38.5 Å². The topological polar surface area (TPSA) is 501 Å². The average Bonchev–Trinajstić information content (AvgIpc) is 1.63. The third-order valence-electron chi connectivity index (χ3n) is 26.1. The summed E-state index contributed by atoms with van der Waals surface area (Å²) >= 11 is 5.70. The molecule has 0 radical (unpaired) electrons. The third kappa shape index (κ3) is 21.1. The number of likely N-dealkylation sites (tertiary alicyclic amines) is 3. The number of thiophene rings is 4. The predicted octanol–water partition coefficient (Wildman–Crippen LogP) is 6.30. The van der Waals surface area contributed by atoms with Crippen LogP contribution in [0.2, 0.25) is 0 Å². The Bertz CT molecular complexity index is 8280. The van der Waals surface area contributed by atoms with E-state index in [1.807, 2.05) is 106 Å². The first-order valence-electron chi connectivity index (χ1n) is 47.6. The molecule has 2 unspecified atom stereocenters. The molecule has 4 aliphatic carbocycles. The van der Waals surface area contributed by atoms with Gasteiger partial charge in [0.1, 0.15) is 29.1 Å². The van der Waals surface area contributed by atoms with Crippen LogP contribution in [0.5, 0.6) is 0 Å². The summed E-state index contributed by atoms with van der Waals surface area (Å²) in [5.41, 5.74) is 15.1. The van der Waals surface area contributed by atoms with Crippen molar-refractivity contribution in [2.24, 2.45) is 12.8 Å². The summed E-state index contributed by atoms with van der Waals surface area (Å²) in [5, 5.41) is 50.9. The number of aromatic amines is 6. The summed E-state index contributed by atoms with van der Waals surface area (Å²) in [5.74, 6) is 3.96. The van der Waals surface area contributed by atoms with Crippen LogP contribution >= 0.6 is 45.3 Å². The fraction of sp³-hybridized carbons (Fsp3) is 0.323. The van der Waals surface area contributed by atoms with Crippen LogP contribution in [0, 0.1) is 0 Å². The summed E-state index contributed by atoms with van der Waals surface area (Å²) in [6.07, 6.45) is 31.7. The molecule has 0 spiro atoms. The lowest BCUT2D eigenvalue weighted by Crippen LogP contribution is -2.39. The maximum atomic E-state index is 13.2. The van der Waals surface area contributed by atoms with Gasteiger partial charge >= 0.3 is 17.1 Å². The Kier molecular flexibility index (Phi) is 26.0. The molecular formula is C99H105N31O9S4. The van der Waals surface area contributed by atoms with Crippen molar-refractivity contribution in [3.05, 3.63) is 239 Å². The van der Waals surface area contributed by atoms with Gasteiger partial charge in [0.05, 0.1) is 131 Å². The molecule has 4 aliphatic heterocycles. The number of hydrogen-bond acceptors (Lipinski definition) is 28. The molecule has 5 amide bonds. The fourth-order valence-corrected chi connectivity index (χ4v) is 21.1. The molecule has 143 heavy (non-hydrogen) atoms. The van der Waals surface area contributed by atoms with Crippen LogP contribution in [-0.4, -0.2) is 248 Å². The molecule has 16 aromatic rings. The van der Waals surface area contributed by atoms with Gasteiger partial charge < -0.3 is 96.8 Å². The predicted molar refractivity (Wildman–Crippen MR) is 552 cm³/mol. The molecule has 15 N–H and O–H groups in total. The number of aromatic nitrogens is 20. The number of fused-ring (bicyclic) bond motifs is 4. The van der Waals surface area contributed by atoms with Crippen LogP contribution in [0.3, 0.4) is 0 Å². The first-order chi connectivity index (χ1) is 69.2. The lowest BCUT2D eigenvalue weighted by molar-refractivity contribution is -0.115. The Morgan fingerprint density at radius 3 is 1.20 bits per heavy atom. The maximum absolute atomic E-state index is 13.2. The van der Waals surface area contributed by atoms with Gasteiger partial charge in [0.25, 0.3) is 29.5 Å². The van der Waals surface area contributed by atoms with Gasteiger partial charge in [0.15, 0.2) is 22.6 Å². The second-order valence-electron chi connectivity index (χ2n) is 37.3. The van der Waals surface area contributed by atoms with E-state index in [-0.39, 0.29) is 58.8 Å². The third-order valence-corrected chi connectivity index (χ3v) is 30.4. The van der Waals surface area contributed by atoms with Crippen LogP contribution in [0.25, 0.3) is 109 Å². The number of carbonyl (C=O) groups is 5. The number of nitrogens with zero attached hydrogens (tertiary/aromatic N) is 18. The van der Waals surface area contributed by atoms with E-state index in [9.17, 15) is 43.5 Å². The molecule has 8 fully saturated rings. The number of carbonyl (C=O) groups excluding carboxylic acids is 5. The quantitative estimate of drug-likeness (QED) is 0.0312. The molecule has 734 valence electrons. The van der Waals surface area contributed by atoms with E-state index >= 15 is 0 Å². The fourth-order valence-electron chi connectivity index (χ4n) is 17.4. The summed E-state index contributed by atoms with van der Waals surface area (Å²) in [7, 11) is 6.01. The number of nitrogens with two attached hydrogens (primary N) is 1. The molecule has 2 atom stereocenters. The van der Waals surface area contributed by atoms with Gasteiger partial charge in [-0.3, -0.25) is 24.0 Å². The van der Waals surface area contributed by atoms with Crippen molar-refractivity contribution in [3.63, 3.8) is 0 Å². The van der Waals surface area contributed by atoms with Crippen LogP contribution < -0.4 is 86.8 Å². The summed E-state index contributed by atoms with van der Waals surface area (Å²) < 4.78 is 8.96. The molecule has 40 nitrogen and oxygen atoms in total. The van der Waals surface area contributed by atoms with Crippen LogP contribution in [-0.2, 0) is 18.4 Å². The minimum atomic E-state index is -0.323. The van der Waals surface area contributed by atoms with E-state index < -0.39 is 0 Å². The zero-order chi connectivity index (χ0) is 98.7. The van der Waals surface area contributed by atoms with E-state index in [1.54, 1.807) is 72.2 Å². The zero-order valence-corrected chi connectivity index (χ0v) is 81.9. The molecule has 44 heteroatoms. The number of likely N-dealkylation sites (N-methyl/N-ethyl adjacent to an activating group) is 1. The Balaban J connectivity index is 0.000000113. The molecule has 0 aromatic carbocycles. The van der Waals surface area contributed by atoms with Crippen molar-refractivity contribution in [2.75, 3.05) is 74.6 Å². The van der Waals surface area contributed by atoms with E-state index in [1.165, 1.54) is 45.3 Å². The van der Waals surface area contributed by atoms with Crippen molar-refractivity contribution in [3.8, 4) is 42.3 Å². The Morgan fingerprint density at radius 1 is 0.476 bits per heavy atom. The number of imidazole rings is 4. The first kappa shape index (κ1) is 93.9. The number of piperidine rings is 1. The lowest BCUT2D eigenvalue weighted by atomic mass is 10.1. The smallest absolute Gasteiger partial charge is 0.323 e. The number of amides is 5. The normalized spacial score (nSPS) is 17.9. The van der Waals surface area contributed by atoms with Crippen molar-refractivity contribution < 1.29 is 29.1 Å². The average molecular weight is 2000 g/mol. The number of hydrogen-bond donors (Lipinski definition) is 14. The molecular weight excluding hydrogens is 1900 g/mol. The second-order valence-corrected chi connectivity index (χ2v) is 41.7. The van der Waals surface area contributed by atoms with Gasteiger partial charge in [0.2, 0.25) is 0 Å². The molecule has 4 saturated carbocycles. The maximum Gasteiger partial charge on any atom is 0.323 e. The highest BCUT2D eigenvalue weighted by Gasteiger charge is 2.34. The number of anilines is 4. The number of rotatable bonds is 23. The number of aliphatic hydroxyl groups is 1. The monoisotopic (exact) mass is 2000 g/mol. The van der Waals surface area contributed by atoms with Gasteiger partial charge in [-0.25, -0.2) is 39.3 Å². The van der Waals surface area contributed by atoms with Crippen molar-refractivity contribution in [1.29, 1.82) is 0 Å². The van der Waals surface area contributed by atoms with Crippen molar-refractivity contribution in [2.45, 2.75) is 145 Å². The number of aryl methyl sites for hydroxylation is 1. The van der Waals surface area contributed by atoms with Crippen molar-refractivity contribution in [1.82, 2.24) is 128 Å². The van der Waals surface area contributed by atoms with Gasteiger partial charge in [-0.1, -0.05) is 26.3 Å². The van der Waals surface area contributed by atoms with Gasteiger partial charge in [-0.05, 0) is 177 Å². The first-order valence-corrected chi connectivity index (χ1v) is 50.9. The Hall–Kier alpha value is -15.4. The summed E-state index contributed by atoms with van der Waals surface area (Å²) in [4.78, 5) is 153. The highest BCUT2D eigenvalue weighted by molar-refractivity contribution is 7.18. The standard InChI is InChI=1S/C26H29N7O2S.C25H28N8O2S.C24H23N9O2S.C24H25N7O3S/c1-15-11-16(25(34)29-15)12-17-14-28-33-23(30-19-4-5-19)13-20(31-24(17)33)21-6-7-22(36-21)26(35)32-9-2-3-18(27)8-10-32;1-14-18(30-25(35)27-14)10-15-12-26-33-22(28-16-4-5-16)11-19(29-23(15)33)20-6-7-21(36-20)24(34)32-9-8-17(13-32)31(2)3;1-13-16(31-24(35)28-13)9-14-11-27-33-20(29-15-3-4-15)10-17(30-22(14)33)18-5-6-19(36-18)23(34)26-12-21-25-7-8-32(21)2;1-13-17(29-24(34)26-13)10-14-12-25-31-21(27-15-2-3-15)11-18(28-22(14)31)19-4-5-20(35-19)23(33)30-8-6-16(32)7-9-30/h6-7,12-14,18-19,30H,1-5,8-11,27H2,(H,29,34);6-7,10-12,16-17,28H,1,4-5,8-9,13H2,2-3H3,(H2,27,30,35);5-11,15,29H,1,3-4,12H2,2H3,(H,26,34)(H2,28,31,35);4-5,10-12,15-16,27,32H,1-3,6-9H2,(H2,26,29,34)/b16-12+;18-10-;16-9-;17-10-. The molecule has 8 aliphatic rings. The Morgan fingerprint density at radius 2 is 0.846 bits per heavy atom. The minimum Gasteiger partial charge on any atom is -0.393 e.